The summed E-state index contributed by atoms with van der Waals surface area (Å²) < 4.78 is 0. The highest BCUT2D eigenvalue weighted by Gasteiger charge is 2.39. The van der Waals surface area contributed by atoms with Crippen LogP contribution in [-0.4, -0.2) is 17.1 Å². The SMILES string of the molecule is Nc1cccc([C@H]2C[C@H]2NC(=O)Nc2ccc(Cl)cn2)c1. The van der Waals surface area contributed by atoms with Crippen LogP contribution in [0, 0.1) is 0 Å². The number of pyridine rings is 1. The van der Waals surface area contributed by atoms with Crippen LogP contribution in [0.15, 0.2) is 42.6 Å². The summed E-state index contributed by atoms with van der Waals surface area (Å²) in [4.78, 5) is 15.9. The monoisotopic (exact) mass is 302 g/mol. The maximum Gasteiger partial charge on any atom is 0.320 e. The van der Waals surface area contributed by atoms with Crippen molar-refractivity contribution in [2.24, 2.45) is 0 Å². The molecular weight excluding hydrogens is 288 g/mol. The lowest BCUT2D eigenvalue weighted by Crippen LogP contribution is -2.31. The average molecular weight is 303 g/mol. The van der Waals surface area contributed by atoms with E-state index in [4.69, 9.17) is 17.3 Å². The largest absolute Gasteiger partial charge is 0.399 e. The number of nitrogens with two attached hydrogens (primary N) is 1. The van der Waals surface area contributed by atoms with E-state index >= 15 is 0 Å². The lowest BCUT2D eigenvalue weighted by molar-refractivity contribution is 0.251. The Morgan fingerprint density at radius 2 is 2.19 bits per heavy atom. The van der Waals surface area contributed by atoms with Crippen LogP contribution in [0.1, 0.15) is 17.9 Å². The van der Waals surface area contributed by atoms with E-state index < -0.39 is 0 Å². The first-order chi connectivity index (χ1) is 10.1. The smallest absolute Gasteiger partial charge is 0.320 e. The minimum Gasteiger partial charge on any atom is -0.399 e. The molecule has 1 saturated carbocycles. The van der Waals surface area contributed by atoms with E-state index in [0.29, 0.717) is 16.8 Å². The summed E-state index contributed by atoms with van der Waals surface area (Å²) in [6, 6.07) is 11.0. The van der Waals surface area contributed by atoms with Crippen LogP contribution in [0.3, 0.4) is 0 Å². The Hall–Kier alpha value is -2.27. The van der Waals surface area contributed by atoms with Gasteiger partial charge in [-0.3, -0.25) is 5.32 Å². The number of carbonyl (C=O) groups excluding carboxylic acids is 1. The molecule has 0 unspecified atom stereocenters. The quantitative estimate of drug-likeness (QED) is 0.763. The molecule has 4 N–H and O–H groups in total. The number of nitrogens with zero attached hydrogens (tertiary/aromatic N) is 1. The number of nitrogens with one attached hydrogen (secondary N) is 2. The molecule has 2 amide bonds. The van der Waals surface area contributed by atoms with Crippen molar-refractivity contribution in [1.82, 2.24) is 10.3 Å². The number of amides is 2. The summed E-state index contributed by atoms with van der Waals surface area (Å²) in [5.41, 5.74) is 7.67. The highest BCUT2D eigenvalue weighted by atomic mass is 35.5. The molecule has 1 aromatic heterocycles. The lowest BCUT2D eigenvalue weighted by atomic mass is 10.1. The van der Waals surface area contributed by atoms with Crippen molar-refractivity contribution in [1.29, 1.82) is 0 Å². The molecule has 1 heterocycles. The van der Waals surface area contributed by atoms with Gasteiger partial charge in [-0.25, -0.2) is 9.78 Å². The van der Waals surface area contributed by atoms with Crippen molar-refractivity contribution in [2.45, 2.75) is 18.4 Å². The fourth-order valence-corrected chi connectivity index (χ4v) is 2.39. The number of carbonyl (C=O) groups is 1. The topological polar surface area (TPSA) is 80.0 Å². The van der Waals surface area contributed by atoms with E-state index in [1.165, 1.54) is 6.20 Å². The number of urea groups is 1. The normalized spacial score (nSPS) is 19.9. The second-order valence-electron chi connectivity index (χ2n) is 5.08. The van der Waals surface area contributed by atoms with Crippen molar-refractivity contribution < 1.29 is 4.79 Å². The molecule has 0 spiro atoms. The molecule has 0 radical (unpaired) electrons. The van der Waals surface area contributed by atoms with E-state index in [2.05, 4.69) is 15.6 Å². The van der Waals surface area contributed by atoms with Gasteiger partial charge in [0.2, 0.25) is 0 Å². The molecule has 1 aliphatic carbocycles. The van der Waals surface area contributed by atoms with Crippen molar-refractivity contribution in [3.05, 3.63) is 53.2 Å². The van der Waals surface area contributed by atoms with Crippen LogP contribution in [-0.2, 0) is 0 Å². The number of hydrogen-bond acceptors (Lipinski definition) is 3. The van der Waals surface area contributed by atoms with E-state index in [1.807, 2.05) is 24.3 Å². The van der Waals surface area contributed by atoms with Gasteiger partial charge in [-0.2, -0.15) is 0 Å². The second kappa shape index (κ2) is 5.61. The first-order valence-corrected chi connectivity index (χ1v) is 7.04. The Labute approximate surface area is 127 Å². The van der Waals surface area contributed by atoms with Gasteiger partial charge in [-0.1, -0.05) is 23.7 Å². The maximum atomic E-state index is 11.9. The molecule has 0 aliphatic heterocycles. The molecule has 6 heteroatoms. The van der Waals surface area contributed by atoms with Crippen LogP contribution >= 0.6 is 11.6 Å². The zero-order valence-corrected chi connectivity index (χ0v) is 12.0. The van der Waals surface area contributed by atoms with Gasteiger partial charge in [0.15, 0.2) is 0 Å². The zero-order valence-electron chi connectivity index (χ0n) is 11.2. The number of rotatable bonds is 3. The summed E-state index contributed by atoms with van der Waals surface area (Å²) in [6.07, 6.45) is 2.41. The van der Waals surface area contributed by atoms with E-state index in [1.54, 1.807) is 12.1 Å². The van der Waals surface area contributed by atoms with Gasteiger partial charge in [0.1, 0.15) is 5.82 Å². The van der Waals surface area contributed by atoms with Crippen LogP contribution in [0.5, 0.6) is 0 Å². The van der Waals surface area contributed by atoms with E-state index in [9.17, 15) is 4.79 Å². The predicted octanol–water partition coefficient (Wildman–Crippen LogP) is 2.99. The summed E-state index contributed by atoms with van der Waals surface area (Å²) in [5, 5.41) is 6.13. The molecule has 1 fully saturated rings. The summed E-state index contributed by atoms with van der Waals surface area (Å²) in [6.45, 7) is 0. The van der Waals surface area contributed by atoms with E-state index in [-0.39, 0.29) is 12.1 Å². The molecule has 2 aromatic rings. The van der Waals surface area contributed by atoms with Gasteiger partial charge >= 0.3 is 6.03 Å². The van der Waals surface area contributed by atoms with Gasteiger partial charge in [0, 0.05) is 23.8 Å². The van der Waals surface area contributed by atoms with Crippen molar-refractivity contribution in [3.63, 3.8) is 0 Å². The first kappa shape index (κ1) is 13.7. The second-order valence-corrected chi connectivity index (χ2v) is 5.52. The molecule has 1 aromatic carbocycles. The van der Waals surface area contributed by atoms with Crippen molar-refractivity contribution in [2.75, 3.05) is 11.1 Å². The van der Waals surface area contributed by atoms with Gasteiger partial charge in [-0.05, 0) is 36.2 Å². The Morgan fingerprint density at radius 3 is 2.90 bits per heavy atom. The molecular formula is C15H15ClN4O. The Morgan fingerprint density at radius 1 is 1.33 bits per heavy atom. The van der Waals surface area contributed by atoms with Crippen molar-refractivity contribution >= 4 is 29.1 Å². The fraction of sp³-hybridized carbons (Fsp3) is 0.200. The zero-order chi connectivity index (χ0) is 14.8. The first-order valence-electron chi connectivity index (χ1n) is 6.66. The predicted molar refractivity (Wildman–Crippen MR) is 83.4 cm³/mol. The lowest BCUT2D eigenvalue weighted by Gasteiger charge is -2.07. The number of aromatic nitrogens is 1. The molecule has 2 atom stereocenters. The number of halogens is 1. The fourth-order valence-electron chi connectivity index (χ4n) is 2.28. The number of anilines is 2. The average Bonchev–Trinajstić information content (AvgIpc) is 3.20. The summed E-state index contributed by atoms with van der Waals surface area (Å²) >= 11 is 5.74. The van der Waals surface area contributed by atoms with Crippen LogP contribution in [0.25, 0.3) is 0 Å². The van der Waals surface area contributed by atoms with Crippen molar-refractivity contribution in [3.8, 4) is 0 Å². The summed E-state index contributed by atoms with van der Waals surface area (Å²) in [7, 11) is 0. The van der Waals surface area contributed by atoms with Gasteiger partial charge in [0.05, 0.1) is 5.02 Å². The molecule has 0 bridgehead atoms. The Kier molecular flexibility index (Phi) is 3.66. The minimum absolute atomic E-state index is 0.138. The maximum absolute atomic E-state index is 11.9. The highest BCUT2D eigenvalue weighted by Crippen LogP contribution is 2.41. The highest BCUT2D eigenvalue weighted by molar-refractivity contribution is 6.30. The molecule has 21 heavy (non-hydrogen) atoms. The third-order valence-electron chi connectivity index (χ3n) is 3.41. The third-order valence-corrected chi connectivity index (χ3v) is 3.64. The van der Waals surface area contributed by atoms with Gasteiger partial charge in [-0.15, -0.1) is 0 Å². The molecule has 3 rings (SSSR count). The number of nitrogen functional groups attached to an aromatic ring is 1. The molecule has 0 saturated heterocycles. The van der Waals surface area contributed by atoms with E-state index in [0.717, 1.165) is 17.7 Å². The number of hydrogen-bond donors (Lipinski definition) is 3. The van der Waals surface area contributed by atoms with Crippen LogP contribution < -0.4 is 16.4 Å². The molecule has 5 nitrogen and oxygen atoms in total. The molecule has 1 aliphatic rings. The Bertz CT molecular complexity index is 659. The minimum atomic E-state index is -0.263. The molecule has 108 valence electrons. The van der Waals surface area contributed by atoms with Crippen LogP contribution in [0.2, 0.25) is 5.02 Å². The third kappa shape index (κ3) is 3.44. The standard InChI is InChI=1S/C15H15ClN4O/c16-10-4-5-14(18-8-10)20-15(21)19-13-7-12(13)9-2-1-3-11(17)6-9/h1-6,8,12-13H,7,17H2,(H2,18,19,20,21)/t12-,13-/m1/s1. The Balaban J connectivity index is 1.54. The number of benzene rings is 1. The van der Waals surface area contributed by atoms with Gasteiger partial charge < -0.3 is 11.1 Å². The van der Waals surface area contributed by atoms with Gasteiger partial charge in [0.25, 0.3) is 0 Å². The summed E-state index contributed by atoms with van der Waals surface area (Å²) in [5.74, 6) is 0.801. The van der Waals surface area contributed by atoms with Crippen LogP contribution in [0.4, 0.5) is 16.3 Å².